The highest BCUT2D eigenvalue weighted by Crippen LogP contribution is 2.39. The average molecular weight is 281 g/mol. The van der Waals surface area contributed by atoms with E-state index in [1.54, 1.807) is 0 Å². The molecule has 0 spiro atoms. The Morgan fingerprint density at radius 2 is 2.21 bits per heavy atom. The van der Waals surface area contributed by atoms with Crippen molar-refractivity contribution < 1.29 is 4.74 Å². The van der Waals surface area contributed by atoms with E-state index in [2.05, 4.69) is 48.4 Å². The van der Waals surface area contributed by atoms with Gasteiger partial charge in [-0.15, -0.1) is 0 Å². The van der Waals surface area contributed by atoms with Crippen molar-refractivity contribution in [1.82, 2.24) is 14.9 Å². The maximum atomic E-state index is 5.81. The van der Waals surface area contributed by atoms with Crippen molar-refractivity contribution in [3.63, 3.8) is 0 Å². The van der Waals surface area contributed by atoms with Gasteiger partial charge in [0.05, 0.1) is 6.04 Å². The van der Waals surface area contributed by atoms with Gasteiger partial charge in [-0.2, -0.15) is 0 Å². The number of hydrogen-bond donors (Lipinski definition) is 1. The third-order valence-corrected chi connectivity index (χ3v) is 5.48. The molecule has 1 saturated heterocycles. The number of imidazole rings is 1. The molecule has 1 unspecified atom stereocenters. The second kappa shape index (κ2) is 5.38. The fourth-order valence-electron chi connectivity index (χ4n) is 2.28. The maximum absolute atomic E-state index is 5.81. The smallest absolute Gasteiger partial charge is 0.128 e. The van der Waals surface area contributed by atoms with Gasteiger partial charge in [0, 0.05) is 33.6 Å². The largest absolute Gasteiger partial charge is 0.361 e. The second-order valence-corrected chi connectivity index (χ2v) is 13.0. The lowest BCUT2D eigenvalue weighted by atomic mass is 9.77. The fourth-order valence-corrected chi connectivity index (χ4v) is 3.04. The molecule has 0 bridgehead atoms. The van der Waals surface area contributed by atoms with E-state index in [-0.39, 0.29) is 0 Å². The molecule has 0 aromatic carbocycles. The van der Waals surface area contributed by atoms with E-state index in [4.69, 9.17) is 4.74 Å². The Labute approximate surface area is 117 Å². The molecular formula is C14H27N3OSi. The van der Waals surface area contributed by atoms with Gasteiger partial charge in [-0.05, 0) is 11.5 Å². The Morgan fingerprint density at radius 3 is 2.74 bits per heavy atom. The molecule has 1 aromatic heterocycles. The summed E-state index contributed by atoms with van der Waals surface area (Å²) >= 11 is 0. The van der Waals surface area contributed by atoms with Crippen LogP contribution in [0, 0.1) is 5.41 Å². The van der Waals surface area contributed by atoms with Crippen molar-refractivity contribution >= 4 is 8.07 Å². The zero-order chi connectivity index (χ0) is 14.1. The summed E-state index contributed by atoms with van der Waals surface area (Å²) in [5.41, 5.74) is 0.293. The Hall–Kier alpha value is -0.653. The predicted molar refractivity (Wildman–Crippen MR) is 80.9 cm³/mol. The molecule has 19 heavy (non-hydrogen) atoms. The number of aromatic nitrogens is 2. The Bertz CT molecular complexity index is 423. The quantitative estimate of drug-likeness (QED) is 0.644. The molecule has 1 fully saturated rings. The summed E-state index contributed by atoms with van der Waals surface area (Å²) < 4.78 is 7.94. The van der Waals surface area contributed by atoms with E-state index in [0.29, 0.717) is 18.2 Å². The Morgan fingerprint density at radius 1 is 1.47 bits per heavy atom. The third kappa shape index (κ3) is 3.67. The molecule has 4 nitrogen and oxygen atoms in total. The third-order valence-electron chi connectivity index (χ3n) is 3.78. The zero-order valence-corrected chi connectivity index (χ0v) is 13.9. The van der Waals surface area contributed by atoms with Gasteiger partial charge in [0.1, 0.15) is 12.6 Å². The van der Waals surface area contributed by atoms with E-state index in [1.165, 1.54) is 6.04 Å². The number of ether oxygens (including phenoxy) is 1. The van der Waals surface area contributed by atoms with Gasteiger partial charge in [-0.25, -0.2) is 4.98 Å². The van der Waals surface area contributed by atoms with Crippen LogP contribution in [0.1, 0.15) is 25.7 Å². The highest BCUT2D eigenvalue weighted by Gasteiger charge is 2.41. The molecule has 2 rings (SSSR count). The van der Waals surface area contributed by atoms with Crippen LogP contribution in [0.3, 0.4) is 0 Å². The maximum Gasteiger partial charge on any atom is 0.128 e. The van der Waals surface area contributed by atoms with Crippen LogP contribution < -0.4 is 5.32 Å². The van der Waals surface area contributed by atoms with Gasteiger partial charge < -0.3 is 14.6 Å². The molecule has 0 saturated carbocycles. The van der Waals surface area contributed by atoms with E-state index in [0.717, 1.165) is 19.0 Å². The lowest BCUT2D eigenvalue weighted by molar-refractivity contribution is 0.0690. The van der Waals surface area contributed by atoms with Gasteiger partial charge in [0.25, 0.3) is 0 Å². The molecule has 5 heteroatoms. The Balaban J connectivity index is 1.87. The first kappa shape index (κ1) is 14.7. The minimum Gasteiger partial charge on any atom is -0.361 e. The highest BCUT2D eigenvalue weighted by molar-refractivity contribution is 6.76. The molecule has 1 aromatic rings. The summed E-state index contributed by atoms with van der Waals surface area (Å²) in [7, 11) is -0.996. The van der Waals surface area contributed by atoms with E-state index in [1.807, 2.05) is 12.4 Å². The van der Waals surface area contributed by atoms with Crippen LogP contribution in [-0.4, -0.2) is 30.8 Å². The molecule has 108 valence electrons. The highest BCUT2D eigenvalue weighted by atomic mass is 28.3. The van der Waals surface area contributed by atoms with Crippen LogP contribution in [-0.2, 0) is 11.5 Å². The van der Waals surface area contributed by atoms with Crippen molar-refractivity contribution in [2.24, 2.45) is 5.41 Å². The fraction of sp³-hybridized carbons (Fsp3) is 0.786. The normalized spacial score (nSPS) is 22.3. The summed E-state index contributed by atoms with van der Waals surface area (Å²) in [5.74, 6) is 1.10. The number of nitrogens with one attached hydrogen (secondary N) is 1. The van der Waals surface area contributed by atoms with Gasteiger partial charge >= 0.3 is 0 Å². The number of hydrogen-bond acceptors (Lipinski definition) is 3. The minimum atomic E-state index is -0.996. The molecule has 1 aliphatic rings. The monoisotopic (exact) mass is 281 g/mol. The van der Waals surface area contributed by atoms with E-state index >= 15 is 0 Å². The molecule has 1 N–H and O–H groups in total. The number of nitrogens with zero attached hydrogens (tertiary/aromatic N) is 2. The SMILES string of the molecule is CC1(C)CNC1c1nccn1COCC[Si](C)(C)C. The van der Waals surface area contributed by atoms with Crippen LogP contribution in [0.5, 0.6) is 0 Å². The molecule has 2 heterocycles. The second-order valence-electron chi connectivity index (χ2n) is 7.41. The lowest BCUT2D eigenvalue weighted by Gasteiger charge is -2.45. The lowest BCUT2D eigenvalue weighted by Crippen LogP contribution is -2.53. The van der Waals surface area contributed by atoms with Crippen molar-refractivity contribution in [2.45, 2.75) is 52.3 Å². The minimum absolute atomic E-state index is 0.293. The summed E-state index contributed by atoms with van der Waals surface area (Å²) in [6.07, 6.45) is 3.88. The van der Waals surface area contributed by atoms with Gasteiger partial charge in [0.2, 0.25) is 0 Å². The van der Waals surface area contributed by atoms with E-state index in [9.17, 15) is 0 Å². The summed E-state index contributed by atoms with van der Waals surface area (Å²) in [6.45, 7) is 14.2. The summed E-state index contributed by atoms with van der Waals surface area (Å²) in [4.78, 5) is 4.49. The van der Waals surface area contributed by atoms with Crippen molar-refractivity contribution in [3.05, 3.63) is 18.2 Å². The van der Waals surface area contributed by atoms with Crippen LogP contribution in [0.2, 0.25) is 25.7 Å². The molecule has 1 atom stereocenters. The Kier molecular flexibility index (Phi) is 4.18. The predicted octanol–water partition coefficient (Wildman–Crippen LogP) is 2.87. The van der Waals surface area contributed by atoms with Crippen molar-refractivity contribution in [2.75, 3.05) is 13.2 Å². The summed E-state index contributed by atoms with van der Waals surface area (Å²) in [6, 6.07) is 1.56. The molecule has 0 aliphatic carbocycles. The molecule has 1 aliphatic heterocycles. The molecule has 0 amide bonds. The van der Waals surface area contributed by atoms with Gasteiger partial charge in [0.15, 0.2) is 0 Å². The first-order chi connectivity index (χ1) is 8.80. The molecule has 0 radical (unpaired) electrons. The van der Waals surface area contributed by atoms with Crippen LogP contribution in [0.25, 0.3) is 0 Å². The first-order valence-electron chi connectivity index (χ1n) is 7.12. The van der Waals surface area contributed by atoms with Crippen LogP contribution >= 0.6 is 0 Å². The van der Waals surface area contributed by atoms with E-state index < -0.39 is 8.07 Å². The van der Waals surface area contributed by atoms with Crippen molar-refractivity contribution in [3.8, 4) is 0 Å². The van der Waals surface area contributed by atoms with Gasteiger partial charge in [-0.3, -0.25) is 0 Å². The van der Waals surface area contributed by atoms with Crippen LogP contribution in [0.4, 0.5) is 0 Å². The zero-order valence-electron chi connectivity index (χ0n) is 12.9. The van der Waals surface area contributed by atoms with Crippen LogP contribution in [0.15, 0.2) is 12.4 Å². The van der Waals surface area contributed by atoms with Gasteiger partial charge in [-0.1, -0.05) is 33.5 Å². The first-order valence-corrected chi connectivity index (χ1v) is 10.8. The summed E-state index contributed by atoms with van der Waals surface area (Å²) in [5, 5.41) is 3.46. The topological polar surface area (TPSA) is 39.1 Å². The van der Waals surface area contributed by atoms with Crippen molar-refractivity contribution in [1.29, 1.82) is 0 Å². The number of rotatable bonds is 6. The standard InChI is InChI=1S/C14H27N3OSi/c1-14(2)10-16-12(14)13-15-6-7-17(13)11-18-8-9-19(3,4)5/h6-7,12,16H,8-11H2,1-5H3. The average Bonchev–Trinajstić information content (AvgIpc) is 2.70. The molecular weight excluding hydrogens is 254 g/mol.